The van der Waals surface area contributed by atoms with Gasteiger partial charge in [-0.25, -0.2) is 0 Å². The first-order chi connectivity index (χ1) is 8.34. The standard InChI is InChI=1S/C12H10N4O/c1-8-14-12(17-16-8)10-7-13-15-11(10)9-5-3-2-4-6-9/h2-7H,1H3,(H,13,15). The van der Waals surface area contributed by atoms with Crippen LogP contribution in [0.1, 0.15) is 5.82 Å². The summed E-state index contributed by atoms with van der Waals surface area (Å²) in [5.74, 6) is 1.09. The van der Waals surface area contributed by atoms with Gasteiger partial charge in [0.15, 0.2) is 5.82 Å². The third-order valence-corrected chi connectivity index (χ3v) is 2.46. The van der Waals surface area contributed by atoms with E-state index in [2.05, 4.69) is 20.3 Å². The van der Waals surface area contributed by atoms with Crippen molar-refractivity contribution in [3.8, 4) is 22.7 Å². The Morgan fingerprint density at radius 2 is 2.00 bits per heavy atom. The van der Waals surface area contributed by atoms with Gasteiger partial charge in [-0.05, 0) is 6.92 Å². The molecule has 5 nitrogen and oxygen atoms in total. The van der Waals surface area contributed by atoms with Gasteiger partial charge in [-0.3, -0.25) is 5.10 Å². The van der Waals surface area contributed by atoms with Crippen LogP contribution in [-0.4, -0.2) is 20.3 Å². The molecule has 17 heavy (non-hydrogen) atoms. The highest BCUT2D eigenvalue weighted by Crippen LogP contribution is 2.28. The number of aryl methyl sites for hydroxylation is 1. The van der Waals surface area contributed by atoms with E-state index in [1.807, 2.05) is 30.3 Å². The van der Waals surface area contributed by atoms with Crippen LogP contribution in [0.15, 0.2) is 41.1 Å². The Kier molecular flexibility index (Phi) is 2.22. The molecule has 0 aliphatic rings. The number of hydrogen-bond acceptors (Lipinski definition) is 4. The summed E-state index contributed by atoms with van der Waals surface area (Å²) in [5.41, 5.74) is 2.74. The maximum atomic E-state index is 5.15. The lowest BCUT2D eigenvalue weighted by Gasteiger charge is -1.98. The summed E-state index contributed by atoms with van der Waals surface area (Å²) in [4.78, 5) is 4.20. The molecular weight excluding hydrogens is 216 g/mol. The molecule has 0 aliphatic heterocycles. The second kappa shape index (κ2) is 3.86. The van der Waals surface area contributed by atoms with Gasteiger partial charge in [0.2, 0.25) is 0 Å². The molecule has 0 fully saturated rings. The second-order valence-electron chi connectivity index (χ2n) is 3.67. The number of aromatic amines is 1. The Morgan fingerprint density at radius 1 is 1.18 bits per heavy atom. The van der Waals surface area contributed by atoms with E-state index in [1.54, 1.807) is 13.1 Å². The van der Waals surface area contributed by atoms with E-state index < -0.39 is 0 Å². The Morgan fingerprint density at radius 3 is 2.71 bits per heavy atom. The largest absolute Gasteiger partial charge is 0.334 e. The molecule has 0 aliphatic carbocycles. The van der Waals surface area contributed by atoms with Crippen LogP contribution in [-0.2, 0) is 0 Å². The van der Waals surface area contributed by atoms with E-state index in [-0.39, 0.29) is 0 Å². The predicted molar refractivity (Wildman–Crippen MR) is 62.1 cm³/mol. The molecule has 84 valence electrons. The molecule has 0 saturated heterocycles. The molecule has 3 rings (SSSR count). The number of benzene rings is 1. The van der Waals surface area contributed by atoms with Crippen LogP contribution >= 0.6 is 0 Å². The van der Waals surface area contributed by atoms with E-state index in [1.165, 1.54) is 0 Å². The molecule has 1 N–H and O–H groups in total. The van der Waals surface area contributed by atoms with Crippen molar-refractivity contribution in [2.75, 3.05) is 0 Å². The lowest BCUT2D eigenvalue weighted by atomic mass is 10.1. The van der Waals surface area contributed by atoms with E-state index in [9.17, 15) is 0 Å². The minimum absolute atomic E-state index is 0.482. The number of nitrogens with one attached hydrogen (secondary N) is 1. The fourth-order valence-corrected chi connectivity index (χ4v) is 1.68. The van der Waals surface area contributed by atoms with Crippen molar-refractivity contribution in [1.29, 1.82) is 0 Å². The third-order valence-electron chi connectivity index (χ3n) is 2.46. The monoisotopic (exact) mass is 226 g/mol. The van der Waals surface area contributed by atoms with Gasteiger partial charge >= 0.3 is 0 Å². The summed E-state index contributed by atoms with van der Waals surface area (Å²) in [6, 6.07) is 9.91. The summed E-state index contributed by atoms with van der Waals surface area (Å²) in [6.07, 6.45) is 1.69. The van der Waals surface area contributed by atoms with Crippen molar-refractivity contribution in [3.63, 3.8) is 0 Å². The maximum Gasteiger partial charge on any atom is 0.261 e. The molecule has 2 aromatic heterocycles. The van der Waals surface area contributed by atoms with Crippen molar-refractivity contribution in [2.45, 2.75) is 6.92 Å². The smallest absolute Gasteiger partial charge is 0.261 e. The zero-order valence-corrected chi connectivity index (χ0v) is 9.21. The summed E-state index contributed by atoms with van der Waals surface area (Å²) in [7, 11) is 0. The van der Waals surface area contributed by atoms with E-state index >= 15 is 0 Å². The molecule has 0 unspecified atom stereocenters. The highest BCUT2D eigenvalue weighted by Gasteiger charge is 2.14. The first kappa shape index (κ1) is 9.77. The summed E-state index contributed by atoms with van der Waals surface area (Å²) >= 11 is 0. The van der Waals surface area contributed by atoms with E-state index in [0.717, 1.165) is 16.8 Å². The summed E-state index contributed by atoms with van der Waals surface area (Å²) < 4.78 is 5.15. The zero-order valence-electron chi connectivity index (χ0n) is 9.21. The van der Waals surface area contributed by atoms with Crippen molar-refractivity contribution >= 4 is 0 Å². The van der Waals surface area contributed by atoms with Crippen LogP contribution in [0.4, 0.5) is 0 Å². The number of hydrogen-bond donors (Lipinski definition) is 1. The minimum atomic E-state index is 0.482. The van der Waals surface area contributed by atoms with Crippen LogP contribution in [0.2, 0.25) is 0 Å². The highest BCUT2D eigenvalue weighted by atomic mass is 16.5. The van der Waals surface area contributed by atoms with Crippen LogP contribution in [0.5, 0.6) is 0 Å². The summed E-state index contributed by atoms with van der Waals surface area (Å²) in [6.45, 7) is 1.79. The van der Waals surface area contributed by atoms with Crippen molar-refractivity contribution < 1.29 is 4.52 Å². The van der Waals surface area contributed by atoms with Crippen molar-refractivity contribution in [2.24, 2.45) is 0 Å². The quantitative estimate of drug-likeness (QED) is 0.728. The molecule has 3 aromatic rings. The van der Waals surface area contributed by atoms with Gasteiger partial charge in [0.1, 0.15) is 0 Å². The number of H-pyrrole nitrogens is 1. The Hall–Kier alpha value is -2.43. The topological polar surface area (TPSA) is 67.6 Å². The van der Waals surface area contributed by atoms with Gasteiger partial charge in [-0.1, -0.05) is 35.5 Å². The Labute approximate surface area is 97.5 Å². The lowest BCUT2D eigenvalue weighted by molar-refractivity contribution is 0.426. The van der Waals surface area contributed by atoms with Gasteiger partial charge in [0.05, 0.1) is 17.5 Å². The Balaban J connectivity index is 2.12. The first-order valence-electron chi connectivity index (χ1n) is 5.24. The number of nitrogens with zero attached hydrogens (tertiary/aromatic N) is 3. The number of aromatic nitrogens is 4. The van der Waals surface area contributed by atoms with Gasteiger partial charge < -0.3 is 4.52 Å². The number of rotatable bonds is 2. The normalized spacial score (nSPS) is 10.6. The molecule has 0 saturated carbocycles. The van der Waals surface area contributed by atoms with Crippen molar-refractivity contribution in [3.05, 3.63) is 42.4 Å². The molecule has 2 heterocycles. The first-order valence-corrected chi connectivity index (χ1v) is 5.24. The van der Waals surface area contributed by atoms with Crippen LogP contribution in [0.3, 0.4) is 0 Å². The van der Waals surface area contributed by atoms with E-state index in [0.29, 0.717) is 11.7 Å². The highest BCUT2D eigenvalue weighted by molar-refractivity contribution is 5.75. The van der Waals surface area contributed by atoms with Gasteiger partial charge in [0.25, 0.3) is 5.89 Å². The molecule has 0 amide bonds. The molecule has 1 aromatic carbocycles. The molecule has 0 spiro atoms. The zero-order chi connectivity index (χ0) is 11.7. The molecule has 0 bridgehead atoms. The molecule has 0 radical (unpaired) electrons. The van der Waals surface area contributed by atoms with E-state index in [4.69, 9.17) is 4.52 Å². The van der Waals surface area contributed by atoms with Gasteiger partial charge in [0, 0.05) is 5.56 Å². The maximum absolute atomic E-state index is 5.15. The molecular formula is C12H10N4O. The van der Waals surface area contributed by atoms with Crippen LogP contribution < -0.4 is 0 Å². The van der Waals surface area contributed by atoms with Crippen LogP contribution in [0, 0.1) is 6.92 Å². The fourth-order valence-electron chi connectivity index (χ4n) is 1.68. The van der Waals surface area contributed by atoms with Crippen molar-refractivity contribution in [1.82, 2.24) is 20.3 Å². The van der Waals surface area contributed by atoms with Gasteiger partial charge in [-0.15, -0.1) is 0 Å². The predicted octanol–water partition coefficient (Wildman–Crippen LogP) is 2.44. The molecule has 0 atom stereocenters. The lowest BCUT2D eigenvalue weighted by Crippen LogP contribution is -1.82. The summed E-state index contributed by atoms with van der Waals surface area (Å²) in [5, 5.41) is 10.8. The fraction of sp³-hybridized carbons (Fsp3) is 0.0833. The van der Waals surface area contributed by atoms with Crippen LogP contribution in [0.25, 0.3) is 22.7 Å². The van der Waals surface area contributed by atoms with Gasteiger partial charge in [-0.2, -0.15) is 10.1 Å². The Bertz CT molecular complexity index is 627. The SMILES string of the molecule is Cc1noc(-c2cn[nH]c2-c2ccccc2)n1. The average Bonchev–Trinajstić information content (AvgIpc) is 2.98. The average molecular weight is 226 g/mol. The third kappa shape index (κ3) is 1.71. The molecule has 5 heteroatoms. The minimum Gasteiger partial charge on any atom is -0.334 e. The second-order valence-corrected chi connectivity index (χ2v) is 3.67.